The fourth-order valence-electron chi connectivity index (χ4n) is 1.66. The number of ether oxygens (including phenoxy) is 1. The maximum Gasteiger partial charge on any atom is 0.416 e. The van der Waals surface area contributed by atoms with E-state index in [0.717, 1.165) is 12.1 Å². The molecular formula is C16H19ClF3NO2. The van der Waals surface area contributed by atoms with Crippen LogP contribution < -0.4 is 5.32 Å². The van der Waals surface area contributed by atoms with Crippen molar-refractivity contribution < 1.29 is 22.7 Å². The second-order valence-corrected chi connectivity index (χ2v) is 6.33. The zero-order chi connectivity index (χ0) is 17.7. The molecule has 0 unspecified atom stereocenters. The Labute approximate surface area is 138 Å². The molecule has 1 N–H and O–H groups in total. The van der Waals surface area contributed by atoms with E-state index in [9.17, 15) is 18.0 Å². The summed E-state index contributed by atoms with van der Waals surface area (Å²) < 4.78 is 43.1. The number of alkyl halides is 3. The highest BCUT2D eigenvalue weighted by Crippen LogP contribution is 2.32. The standard InChI is InChI=1S/C16H19ClF3NO2/c1-15(2,3)23-14(22)21-7-5-4-6-11-8-12(16(18,19)20)10-13(17)9-11/h4,6,8-10H,5,7H2,1-3H3,(H,21,22). The van der Waals surface area contributed by atoms with Crippen molar-refractivity contribution in [3.8, 4) is 0 Å². The Kier molecular flexibility index (Phi) is 6.50. The van der Waals surface area contributed by atoms with Gasteiger partial charge in [0.1, 0.15) is 5.60 Å². The van der Waals surface area contributed by atoms with E-state index in [2.05, 4.69) is 5.32 Å². The Morgan fingerprint density at radius 3 is 2.48 bits per heavy atom. The molecule has 0 bridgehead atoms. The first-order valence-electron chi connectivity index (χ1n) is 6.98. The number of hydrogen-bond acceptors (Lipinski definition) is 2. The Balaban J connectivity index is 2.53. The second-order valence-electron chi connectivity index (χ2n) is 5.89. The van der Waals surface area contributed by atoms with Crippen molar-refractivity contribution in [3.63, 3.8) is 0 Å². The third-order valence-corrected chi connectivity index (χ3v) is 2.76. The van der Waals surface area contributed by atoms with E-state index in [1.54, 1.807) is 26.8 Å². The molecule has 0 aliphatic carbocycles. The Morgan fingerprint density at radius 1 is 1.26 bits per heavy atom. The van der Waals surface area contributed by atoms with Crippen molar-refractivity contribution in [2.45, 2.75) is 39.0 Å². The SMILES string of the molecule is CC(C)(C)OC(=O)NCCC=Cc1cc(Cl)cc(C(F)(F)F)c1. The summed E-state index contributed by atoms with van der Waals surface area (Å²) in [6, 6.07) is 3.33. The molecule has 1 aromatic carbocycles. The summed E-state index contributed by atoms with van der Waals surface area (Å²) >= 11 is 5.69. The summed E-state index contributed by atoms with van der Waals surface area (Å²) in [5.74, 6) is 0. The van der Waals surface area contributed by atoms with Gasteiger partial charge in [-0.15, -0.1) is 0 Å². The molecule has 3 nitrogen and oxygen atoms in total. The highest BCUT2D eigenvalue weighted by atomic mass is 35.5. The van der Waals surface area contributed by atoms with Crippen molar-refractivity contribution in [1.29, 1.82) is 0 Å². The monoisotopic (exact) mass is 349 g/mol. The van der Waals surface area contributed by atoms with E-state index in [-0.39, 0.29) is 5.02 Å². The number of carbonyl (C=O) groups excluding carboxylic acids is 1. The molecule has 0 heterocycles. The number of amides is 1. The summed E-state index contributed by atoms with van der Waals surface area (Å²) in [7, 11) is 0. The molecule has 0 saturated carbocycles. The number of alkyl carbamates (subject to hydrolysis) is 1. The lowest BCUT2D eigenvalue weighted by molar-refractivity contribution is -0.137. The third kappa shape index (κ3) is 7.93. The second kappa shape index (κ2) is 7.73. The quantitative estimate of drug-likeness (QED) is 0.750. The van der Waals surface area contributed by atoms with Gasteiger partial charge in [0, 0.05) is 11.6 Å². The molecule has 23 heavy (non-hydrogen) atoms. The van der Waals surface area contributed by atoms with E-state index in [1.807, 2.05) is 0 Å². The smallest absolute Gasteiger partial charge is 0.416 e. The number of benzene rings is 1. The van der Waals surface area contributed by atoms with Crippen LogP contribution in [-0.2, 0) is 10.9 Å². The van der Waals surface area contributed by atoms with Crippen LogP contribution in [-0.4, -0.2) is 18.2 Å². The van der Waals surface area contributed by atoms with Gasteiger partial charge in [0.05, 0.1) is 5.56 Å². The number of nitrogens with one attached hydrogen (secondary N) is 1. The first-order chi connectivity index (χ1) is 10.5. The van der Waals surface area contributed by atoms with Crippen LogP contribution in [0.3, 0.4) is 0 Å². The van der Waals surface area contributed by atoms with Crippen LogP contribution in [0.1, 0.15) is 38.3 Å². The van der Waals surface area contributed by atoms with E-state index in [1.165, 1.54) is 12.1 Å². The van der Waals surface area contributed by atoms with E-state index >= 15 is 0 Å². The van der Waals surface area contributed by atoms with Crippen LogP contribution in [0.2, 0.25) is 5.02 Å². The van der Waals surface area contributed by atoms with Gasteiger partial charge in [-0.2, -0.15) is 13.2 Å². The van der Waals surface area contributed by atoms with Crippen LogP contribution in [0.5, 0.6) is 0 Å². The maximum atomic E-state index is 12.7. The van der Waals surface area contributed by atoms with Crippen LogP contribution in [0.25, 0.3) is 6.08 Å². The number of hydrogen-bond donors (Lipinski definition) is 1. The highest BCUT2D eigenvalue weighted by Gasteiger charge is 2.30. The maximum absolute atomic E-state index is 12.7. The average Bonchev–Trinajstić information content (AvgIpc) is 2.34. The van der Waals surface area contributed by atoms with Crippen LogP contribution in [0, 0.1) is 0 Å². The van der Waals surface area contributed by atoms with Crippen LogP contribution >= 0.6 is 11.6 Å². The van der Waals surface area contributed by atoms with Gasteiger partial charge in [0.2, 0.25) is 0 Å². The minimum atomic E-state index is -4.44. The van der Waals surface area contributed by atoms with E-state index < -0.39 is 23.4 Å². The van der Waals surface area contributed by atoms with Gasteiger partial charge < -0.3 is 10.1 Å². The fraction of sp³-hybridized carbons (Fsp3) is 0.438. The number of carbonyl (C=O) groups is 1. The molecule has 7 heteroatoms. The van der Waals surface area contributed by atoms with Crippen LogP contribution in [0.4, 0.5) is 18.0 Å². The van der Waals surface area contributed by atoms with Gasteiger partial charge in [-0.1, -0.05) is 23.8 Å². The van der Waals surface area contributed by atoms with Crippen molar-refractivity contribution in [1.82, 2.24) is 5.32 Å². The molecule has 1 rings (SSSR count). The molecule has 0 atom stereocenters. The molecule has 0 fully saturated rings. The van der Waals surface area contributed by atoms with Crippen molar-refractivity contribution in [2.24, 2.45) is 0 Å². The fourth-order valence-corrected chi connectivity index (χ4v) is 1.91. The predicted octanol–water partition coefficient (Wildman–Crippen LogP) is 5.29. The highest BCUT2D eigenvalue weighted by molar-refractivity contribution is 6.30. The van der Waals surface area contributed by atoms with Gasteiger partial charge in [-0.25, -0.2) is 4.79 Å². The first kappa shape index (κ1) is 19.4. The molecule has 0 aliphatic heterocycles. The predicted molar refractivity (Wildman–Crippen MR) is 84.3 cm³/mol. The molecule has 0 radical (unpaired) electrons. The third-order valence-electron chi connectivity index (χ3n) is 2.54. The van der Waals surface area contributed by atoms with Crippen molar-refractivity contribution in [3.05, 3.63) is 40.4 Å². The minimum absolute atomic E-state index is 0.0198. The van der Waals surface area contributed by atoms with Gasteiger partial charge in [0.25, 0.3) is 0 Å². The minimum Gasteiger partial charge on any atom is -0.444 e. The average molecular weight is 350 g/mol. The summed E-state index contributed by atoms with van der Waals surface area (Å²) in [6.45, 7) is 5.58. The summed E-state index contributed by atoms with van der Waals surface area (Å²) in [5, 5.41) is 2.57. The molecule has 0 saturated heterocycles. The van der Waals surface area contributed by atoms with E-state index in [4.69, 9.17) is 16.3 Å². The van der Waals surface area contributed by atoms with Crippen molar-refractivity contribution >= 4 is 23.8 Å². The van der Waals surface area contributed by atoms with Gasteiger partial charge in [-0.3, -0.25) is 0 Å². The molecule has 1 aromatic rings. The lowest BCUT2D eigenvalue weighted by Crippen LogP contribution is -2.32. The first-order valence-corrected chi connectivity index (χ1v) is 7.36. The summed E-state index contributed by atoms with van der Waals surface area (Å²) in [5.41, 5.74) is -1.02. The Bertz CT molecular complexity index is 578. The molecule has 0 aliphatic rings. The van der Waals surface area contributed by atoms with Crippen LogP contribution in [0.15, 0.2) is 24.3 Å². The number of rotatable bonds is 4. The Hall–Kier alpha value is -1.69. The topological polar surface area (TPSA) is 38.3 Å². The zero-order valence-electron chi connectivity index (χ0n) is 13.1. The number of halogens is 4. The Morgan fingerprint density at radius 2 is 1.91 bits per heavy atom. The van der Waals surface area contributed by atoms with Crippen molar-refractivity contribution in [2.75, 3.05) is 6.54 Å². The van der Waals surface area contributed by atoms with Gasteiger partial charge >= 0.3 is 12.3 Å². The lowest BCUT2D eigenvalue weighted by atomic mass is 10.1. The summed E-state index contributed by atoms with van der Waals surface area (Å²) in [4.78, 5) is 11.4. The molecule has 1 amide bonds. The molecule has 128 valence electrons. The molecule has 0 aromatic heterocycles. The largest absolute Gasteiger partial charge is 0.444 e. The molecule has 0 spiro atoms. The summed E-state index contributed by atoms with van der Waals surface area (Å²) in [6.07, 6.45) is -1.34. The van der Waals surface area contributed by atoms with E-state index in [0.29, 0.717) is 18.5 Å². The van der Waals surface area contributed by atoms with Gasteiger partial charge in [0.15, 0.2) is 0 Å². The normalized spacial score (nSPS) is 12.5. The zero-order valence-corrected chi connectivity index (χ0v) is 13.9. The lowest BCUT2D eigenvalue weighted by Gasteiger charge is -2.19. The van der Waals surface area contributed by atoms with Gasteiger partial charge in [-0.05, 0) is 51.0 Å². The molecular weight excluding hydrogens is 331 g/mol.